The number of hydrogen-bond donors (Lipinski definition) is 0. The highest BCUT2D eigenvalue weighted by molar-refractivity contribution is 8.52. The van der Waals surface area contributed by atoms with E-state index in [1.165, 1.54) is 0 Å². The summed E-state index contributed by atoms with van der Waals surface area (Å²) in [6, 6.07) is 0. The van der Waals surface area contributed by atoms with Crippen LogP contribution in [0.1, 0.15) is 0 Å². The third-order valence-corrected chi connectivity index (χ3v) is 11.7. The zero-order valence-electron chi connectivity index (χ0n) is 6.51. The highest BCUT2D eigenvalue weighted by Crippen LogP contribution is 2.77. The number of thioether (sulfide) groups is 4. The standard InChI is InChI=1S/C5HCl5OS4/c6-1-3(7,8)15-5(10)4(9,12-1)13-2(11)14-5/h1H. The fraction of sp³-hybridized carbons (Fsp3) is 0.800. The van der Waals surface area contributed by atoms with E-state index in [4.69, 9.17) is 58.0 Å². The molecule has 3 atom stereocenters. The number of carbonyl (C=O) groups excluding carboxylic acids is 1. The van der Waals surface area contributed by atoms with Gasteiger partial charge in [-0.05, 0) is 23.5 Å². The lowest BCUT2D eigenvalue weighted by molar-refractivity contribution is 0.277. The van der Waals surface area contributed by atoms with Gasteiger partial charge in [0.1, 0.15) is 4.71 Å². The second-order valence-electron chi connectivity index (χ2n) is 2.62. The molecule has 2 aliphatic heterocycles. The van der Waals surface area contributed by atoms with E-state index in [0.717, 1.165) is 47.0 Å². The van der Waals surface area contributed by atoms with E-state index in [1.807, 2.05) is 0 Å². The Morgan fingerprint density at radius 3 is 2.20 bits per heavy atom. The second-order valence-corrected chi connectivity index (χ2v) is 13.1. The molecule has 3 unspecified atom stereocenters. The molecule has 15 heavy (non-hydrogen) atoms. The van der Waals surface area contributed by atoms with Crippen molar-refractivity contribution in [3.8, 4) is 0 Å². The van der Waals surface area contributed by atoms with Crippen molar-refractivity contribution < 1.29 is 4.79 Å². The second kappa shape index (κ2) is 4.27. The van der Waals surface area contributed by atoms with Crippen LogP contribution in [0.5, 0.6) is 0 Å². The summed E-state index contributed by atoms with van der Waals surface area (Å²) >= 11 is 34.5. The van der Waals surface area contributed by atoms with Crippen LogP contribution in [0.25, 0.3) is 0 Å². The van der Waals surface area contributed by atoms with Crippen molar-refractivity contribution in [3.63, 3.8) is 0 Å². The molecular formula is C5HCl5OS4. The highest BCUT2D eigenvalue weighted by Gasteiger charge is 2.68. The Bertz CT molecular complexity index is 327. The van der Waals surface area contributed by atoms with Crippen molar-refractivity contribution in [1.29, 1.82) is 0 Å². The molecule has 0 bridgehead atoms. The first-order valence-electron chi connectivity index (χ1n) is 3.38. The molecule has 2 heterocycles. The Morgan fingerprint density at radius 1 is 1.07 bits per heavy atom. The van der Waals surface area contributed by atoms with Gasteiger partial charge in [0.15, 0.2) is 10.7 Å². The summed E-state index contributed by atoms with van der Waals surface area (Å²) < 4.78 is -4.16. The van der Waals surface area contributed by atoms with E-state index < -0.39 is 15.5 Å². The molecule has 0 aromatic heterocycles. The molecular weight excluding hydrogens is 382 g/mol. The third-order valence-electron chi connectivity index (χ3n) is 1.57. The summed E-state index contributed by atoms with van der Waals surface area (Å²) in [6.07, 6.45) is 0. The van der Waals surface area contributed by atoms with Gasteiger partial charge in [-0.25, -0.2) is 0 Å². The topological polar surface area (TPSA) is 17.1 Å². The largest absolute Gasteiger partial charge is 0.274 e. The molecule has 0 saturated carbocycles. The van der Waals surface area contributed by atoms with Crippen LogP contribution in [-0.4, -0.2) is 19.9 Å². The van der Waals surface area contributed by atoms with Gasteiger partial charge >= 0.3 is 0 Å². The number of alkyl halides is 5. The first-order chi connectivity index (χ1) is 6.69. The minimum atomic E-state index is -1.26. The van der Waals surface area contributed by atoms with E-state index >= 15 is 0 Å². The minimum absolute atomic E-state index is 0.157. The molecule has 2 rings (SSSR count). The van der Waals surface area contributed by atoms with Crippen LogP contribution in [-0.2, 0) is 0 Å². The summed E-state index contributed by atoms with van der Waals surface area (Å²) in [7, 11) is 0. The van der Waals surface area contributed by atoms with Gasteiger partial charge in [-0.3, -0.25) is 4.79 Å². The van der Waals surface area contributed by atoms with E-state index in [1.54, 1.807) is 0 Å². The molecule has 0 spiro atoms. The molecule has 0 aromatic carbocycles. The van der Waals surface area contributed by atoms with E-state index in [9.17, 15) is 4.79 Å². The summed E-state index contributed by atoms with van der Waals surface area (Å²) in [6.45, 7) is 0. The van der Waals surface area contributed by atoms with Crippen molar-refractivity contribution >= 4 is 109 Å². The van der Waals surface area contributed by atoms with Crippen LogP contribution in [0.15, 0.2) is 0 Å². The van der Waals surface area contributed by atoms with E-state index in [0.29, 0.717) is 0 Å². The Labute approximate surface area is 128 Å². The van der Waals surface area contributed by atoms with Crippen LogP contribution in [0.3, 0.4) is 0 Å². The number of fused-ring (bicyclic) bond motifs is 1. The molecule has 1 nitrogen and oxygen atoms in total. The van der Waals surface area contributed by atoms with Gasteiger partial charge in [0.2, 0.25) is 0 Å². The Morgan fingerprint density at radius 2 is 1.60 bits per heavy atom. The van der Waals surface area contributed by atoms with Crippen molar-refractivity contribution in [2.75, 3.05) is 0 Å². The first-order valence-corrected chi connectivity index (χ1v) is 8.66. The summed E-state index contributed by atoms with van der Waals surface area (Å²) in [5.74, 6) is 0. The Balaban J connectivity index is 2.36. The predicted octanol–water partition coefficient (Wildman–Crippen LogP) is 5.55. The average Bonchev–Trinajstić information content (AvgIpc) is 2.18. The van der Waals surface area contributed by atoms with Crippen LogP contribution in [0, 0.1) is 0 Å². The zero-order chi connectivity index (χ0) is 11.5. The van der Waals surface area contributed by atoms with Crippen molar-refractivity contribution in [2.45, 2.75) is 15.5 Å². The highest BCUT2D eigenvalue weighted by atomic mass is 35.5. The summed E-state index contributed by atoms with van der Waals surface area (Å²) in [5, 5.41) is 0. The fourth-order valence-corrected chi connectivity index (χ4v) is 10.9. The molecule has 0 aliphatic carbocycles. The molecule has 0 amide bonds. The quantitative estimate of drug-likeness (QED) is 0.510. The van der Waals surface area contributed by atoms with Gasteiger partial charge in [0, 0.05) is 0 Å². The molecule has 86 valence electrons. The number of rotatable bonds is 0. The Kier molecular flexibility index (Phi) is 3.97. The van der Waals surface area contributed by atoms with E-state index in [-0.39, 0.29) is 4.45 Å². The van der Waals surface area contributed by atoms with Crippen molar-refractivity contribution in [1.82, 2.24) is 0 Å². The van der Waals surface area contributed by atoms with Crippen LogP contribution in [0.2, 0.25) is 0 Å². The monoisotopic (exact) mass is 380 g/mol. The maximum atomic E-state index is 11.3. The molecule has 10 heteroatoms. The normalized spacial score (nSPS) is 49.1. The van der Waals surface area contributed by atoms with Crippen LogP contribution < -0.4 is 0 Å². The number of carbonyl (C=O) groups is 1. The van der Waals surface area contributed by atoms with E-state index in [2.05, 4.69) is 0 Å². The third kappa shape index (κ3) is 2.35. The summed E-state index contributed by atoms with van der Waals surface area (Å²) in [4.78, 5) is 11.3. The predicted molar refractivity (Wildman–Crippen MR) is 77.0 cm³/mol. The number of halogens is 5. The van der Waals surface area contributed by atoms with Gasteiger partial charge in [0.05, 0.1) is 0 Å². The average molecular weight is 383 g/mol. The molecule has 2 saturated heterocycles. The lowest BCUT2D eigenvalue weighted by Crippen LogP contribution is -2.43. The van der Waals surface area contributed by atoms with Crippen LogP contribution >= 0.6 is 105 Å². The van der Waals surface area contributed by atoms with Gasteiger partial charge < -0.3 is 0 Å². The smallest absolute Gasteiger partial charge is 0.251 e. The maximum absolute atomic E-state index is 11.3. The maximum Gasteiger partial charge on any atom is 0.251 e. The van der Waals surface area contributed by atoms with Gasteiger partial charge in [-0.15, -0.1) is 23.4 Å². The van der Waals surface area contributed by atoms with Crippen molar-refractivity contribution in [3.05, 3.63) is 0 Å². The lowest BCUT2D eigenvalue weighted by Gasteiger charge is -2.44. The van der Waals surface area contributed by atoms with Gasteiger partial charge in [-0.1, -0.05) is 58.2 Å². The minimum Gasteiger partial charge on any atom is -0.274 e. The SMILES string of the molecule is O=C1SC2(Cl)SC(Cl)C(Cl)(Cl)SC2(Cl)S1. The molecule has 0 N–H and O–H groups in total. The van der Waals surface area contributed by atoms with Gasteiger partial charge in [0.25, 0.3) is 4.45 Å². The zero-order valence-corrected chi connectivity index (χ0v) is 13.6. The molecule has 2 fully saturated rings. The van der Waals surface area contributed by atoms with Crippen molar-refractivity contribution in [2.24, 2.45) is 0 Å². The molecule has 2 aliphatic rings. The van der Waals surface area contributed by atoms with Crippen LogP contribution in [0.4, 0.5) is 4.79 Å². The lowest BCUT2D eigenvalue weighted by atomic mass is 10.8. The summed E-state index contributed by atoms with van der Waals surface area (Å²) in [5.41, 5.74) is 0. The fourth-order valence-electron chi connectivity index (χ4n) is 0.956. The molecule has 0 aromatic rings. The van der Waals surface area contributed by atoms with Gasteiger partial charge in [-0.2, -0.15) is 0 Å². The number of hydrogen-bond acceptors (Lipinski definition) is 5. The Hall–Kier alpha value is 2.52. The first kappa shape index (κ1) is 13.9. The molecule has 0 radical (unpaired) electrons.